The summed E-state index contributed by atoms with van der Waals surface area (Å²) in [6.07, 6.45) is 3.27. The van der Waals surface area contributed by atoms with Crippen molar-refractivity contribution < 1.29 is 9.21 Å². The summed E-state index contributed by atoms with van der Waals surface area (Å²) in [5, 5.41) is 13.7. The minimum absolute atomic E-state index is 0.0680. The van der Waals surface area contributed by atoms with Gasteiger partial charge in [0.05, 0.1) is 6.26 Å². The number of rotatable bonds is 3. The zero-order chi connectivity index (χ0) is 15.8. The largest absolute Gasteiger partial charge is 0.462 e. The van der Waals surface area contributed by atoms with Crippen LogP contribution in [0.2, 0.25) is 0 Å². The second kappa shape index (κ2) is 5.62. The molecule has 0 saturated heterocycles. The SMILES string of the molecule is Cc1nnc2n1CC(NC(=O)c1csc(-c3ccco3)n1)CC2. The third kappa shape index (κ3) is 2.65. The number of hydrogen-bond donors (Lipinski definition) is 1. The molecule has 1 aliphatic heterocycles. The van der Waals surface area contributed by atoms with Crippen LogP contribution >= 0.6 is 11.3 Å². The molecule has 0 radical (unpaired) electrons. The predicted molar refractivity (Wildman–Crippen MR) is 84.2 cm³/mol. The van der Waals surface area contributed by atoms with Crippen molar-refractivity contribution in [3.63, 3.8) is 0 Å². The fourth-order valence-corrected chi connectivity index (χ4v) is 3.50. The van der Waals surface area contributed by atoms with Crippen LogP contribution in [0.1, 0.15) is 28.6 Å². The van der Waals surface area contributed by atoms with Crippen molar-refractivity contribution in [2.24, 2.45) is 0 Å². The number of hydrogen-bond acceptors (Lipinski definition) is 6. The van der Waals surface area contributed by atoms with Gasteiger partial charge in [0.15, 0.2) is 10.8 Å². The van der Waals surface area contributed by atoms with Crippen LogP contribution < -0.4 is 5.32 Å². The molecule has 0 bridgehead atoms. The molecule has 1 N–H and O–H groups in total. The van der Waals surface area contributed by atoms with E-state index in [1.165, 1.54) is 11.3 Å². The first-order chi connectivity index (χ1) is 11.2. The highest BCUT2D eigenvalue weighted by Gasteiger charge is 2.24. The van der Waals surface area contributed by atoms with Gasteiger partial charge in [0.25, 0.3) is 5.91 Å². The molecule has 8 heteroatoms. The Morgan fingerprint density at radius 3 is 3.22 bits per heavy atom. The second-order valence-electron chi connectivity index (χ2n) is 5.50. The van der Waals surface area contributed by atoms with E-state index in [1.54, 1.807) is 17.7 Å². The summed E-state index contributed by atoms with van der Waals surface area (Å²) in [5.74, 6) is 2.39. The lowest BCUT2D eigenvalue weighted by Gasteiger charge is -2.24. The van der Waals surface area contributed by atoms with Gasteiger partial charge >= 0.3 is 0 Å². The normalized spacial score (nSPS) is 17.0. The number of aromatic nitrogens is 4. The summed E-state index contributed by atoms with van der Waals surface area (Å²) < 4.78 is 7.36. The summed E-state index contributed by atoms with van der Waals surface area (Å²) in [6.45, 7) is 2.63. The molecule has 0 spiro atoms. The molecular formula is C15H15N5O2S. The zero-order valence-electron chi connectivity index (χ0n) is 12.5. The lowest BCUT2D eigenvalue weighted by atomic mass is 10.1. The fraction of sp³-hybridized carbons (Fsp3) is 0.333. The van der Waals surface area contributed by atoms with Crippen molar-refractivity contribution in [2.75, 3.05) is 0 Å². The average molecular weight is 329 g/mol. The Hall–Kier alpha value is -2.48. The van der Waals surface area contributed by atoms with Crippen molar-refractivity contribution >= 4 is 17.2 Å². The van der Waals surface area contributed by atoms with Gasteiger partial charge < -0.3 is 14.3 Å². The highest BCUT2D eigenvalue weighted by atomic mass is 32.1. The average Bonchev–Trinajstić information content (AvgIpc) is 3.27. The molecule has 7 nitrogen and oxygen atoms in total. The number of aryl methyl sites for hydroxylation is 2. The quantitative estimate of drug-likeness (QED) is 0.795. The molecule has 1 unspecified atom stereocenters. The van der Waals surface area contributed by atoms with Gasteiger partial charge in [-0.25, -0.2) is 4.98 Å². The third-order valence-electron chi connectivity index (χ3n) is 3.94. The van der Waals surface area contributed by atoms with E-state index < -0.39 is 0 Å². The number of carbonyl (C=O) groups excluding carboxylic acids is 1. The van der Waals surface area contributed by atoms with E-state index in [1.807, 2.05) is 13.0 Å². The first kappa shape index (κ1) is 14.1. The van der Waals surface area contributed by atoms with Gasteiger partial charge in [0.1, 0.15) is 17.3 Å². The van der Waals surface area contributed by atoms with Crippen LogP contribution in [0.5, 0.6) is 0 Å². The van der Waals surface area contributed by atoms with E-state index in [0.717, 1.165) is 24.5 Å². The van der Waals surface area contributed by atoms with Crippen molar-refractivity contribution in [1.82, 2.24) is 25.1 Å². The van der Waals surface area contributed by atoms with Crippen LogP contribution in [0.4, 0.5) is 0 Å². The molecular weight excluding hydrogens is 314 g/mol. The Morgan fingerprint density at radius 2 is 2.39 bits per heavy atom. The van der Waals surface area contributed by atoms with Gasteiger partial charge in [-0.1, -0.05) is 0 Å². The van der Waals surface area contributed by atoms with Crippen molar-refractivity contribution in [3.05, 3.63) is 41.1 Å². The van der Waals surface area contributed by atoms with Crippen molar-refractivity contribution in [1.29, 1.82) is 0 Å². The van der Waals surface area contributed by atoms with E-state index >= 15 is 0 Å². The van der Waals surface area contributed by atoms with Crippen LogP contribution in [0.3, 0.4) is 0 Å². The van der Waals surface area contributed by atoms with Crippen LogP contribution in [0, 0.1) is 6.92 Å². The number of nitrogens with zero attached hydrogens (tertiary/aromatic N) is 4. The summed E-state index contributed by atoms with van der Waals surface area (Å²) in [6, 6.07) is 3.70. The molecule has 0 saturated carbocycles. The topological polar surface area (TPSA) is 85.8 Å². The Kier molecular flexibility index (Phi) is 3.45. The van der Waals surface area contributed by atoms with Crippen LogP contribution in [0.15, 0.2) is 28.2 Å². The zero-order valence-corrected chi connectivity index (χ0v) is 13.3. The number of fused-ring (bicyclic) bond motifs is 1. The highest BCUT2D eigenvalue weighted by Crippen LogP contribution is 2.24. The minimum Gasteiger partial charge on any atom is -0.462 e. The number of furan rings is 1. The number of amides is 1. The van der Waals surface area contributed by atoms with Gasteiger partial charge in [-0.05, 0) is 25.5 Å². The number of nitrogens with one attached hydrogen (secondary N) is 1. The summed E-state index contributed by atoms with van der Waals surface area (Å²) >= 11 is 1.40. The monoisotopic (exact) mass is 329 g/mol. The lowest BCUT2D eigenvalue weighted by molar-refractivity contribution is 0.0923. The Balaban J connectivity index is 1.46. The molecule has 0 fully saturated rings. The van der Waals surface area contributed by atoms with E-state index in [4.69, 9.17) is 4.42 Å². The first-order valence-electron chi connectivity index (χ1n) is 7.39. The lowest BCUT2D eigenvalue weighted by Crippen LogP contribution is -2.41. The van der Waals surface area contributed by atoms with Gasteiger partial charge in [-0.15, -0.1) is 21.5 Å². The van der Waals surface area contributed by atoms with Gasteiger partial charge in [0.2, 0.25) is 0 Å². The maximum absolute atomic E-state index is 12.4. The van der Waals surface area contributed by atoms with E-state index in [0.29, 0.717) is 23.0 Å². The number of carbonyl (C=O) groups is 1. The van der Waals surface area contributed by atoms with E-state index in [9.17, 15) is 4.79 Å². The smallest absolute Gasteiger partial charge is 0.271 e. The van der Waals surface area contributed by atoms with Gasteiger partial charge in [0, 0.05) is 24.4 Å². The summed E-state index contributed by atoms with van der Waals surface area (Å²) in [4.78, 5) is 16.7. The van der Waals surface area contributed by atoms with Crippen LogP contribution in [-0.4, -0.2) is 31.7 Å². The van der Waals surface area contributed by atoms with Crippen molar-refractivity contribution in [2.45, 2.75) is 32.4 Å². The van der Waals surface area contributed by atoms with Gasteiger partial charge in [-0.2, -0.15) is 0 Å². The molecule has 4 rings (SSSR count). The molecule has 118 valence electrons. The molecule has 4 heterocycles. The maximum Gasteiger partial charge on any atom is 0.271 e. The molecule has 23 heavy (non-hydrogen) atoms. The third-order valence-corrected chi connectivity index (χ3v) is 4.79. The van der Waals surface area contributed by atoms with Crippen molar-refractivity contribution in [3.8, 4) is 10.8 Å². The Bertz CT molecular complexity index is 836. The van der Waals surface area contributed by atoms with Crippen LogP contribution in [-0.2, 0) is 13.0 Å². The molecule has 3 aromatic rings. The molecule has 1 amide bonds. The maximum atomic E-state index is 12.4. The minimum atomic E-state index is -0.154. The standard InChI is InChI=1S/C15H15N5O2S/c1-9-18-19-13-5-4-10(7-20(9)13)16-14(21)11-8-23-15(17-11)12-3-2-6-22-12/h2-3,6,8,10H,4-5,7H2,1H3,(H,16,21). The highest BCUT2D eigenvalue weighted by molar-refractivity contribution is 7.13. The Morgan fingerprint density at radius 1 is 1.48 bits per heavy atom. The molecule has 0 aliphatic carbocycles. The molecule has 1 atom stereocenters. The summed E-state index contributed by atoms with van der Waals surface area (Å²) in [7, 11) is 0. The molecule has 0 aromatic carbocycles. The summed E-state index contributed by atoms with van der Waals surface area (Å²) in [5.41, 5.74) is 0.424. The fourth-order valence-electron chi connectivity index (χ4n) is 2.73. The van der Waals surface area contributed by atoms with E-state index in [-0.39, 0.29) is 11.9 Å². The van der Waals surface area contributed by atoms with Gasteiger partial charge in [-0.3, -0.25) is 4.79 Å². The molecule has 3 aromatic heterocycles. The number of thiazole rings is 1. The predicted octanol–water partition coefficient (Wildman–Crippen LogP) is 2.05. The van der Waals surface area contributed by atoms with E-state index in [2.05, 4.69) is 25.1 Å². The molecule has 1 aliphatic rings. The second-order valence-corrected chi connectivity index (χ2v) is 6.36. The van der Waals surface area contributed by atoms with Crippen LogP contribution in [0.25, 0.3) is 10.8 Å². The Labute approximate surface area is 136 Å². The first-order valence-corrected chi connectivity index (χ1v) is 8.27.